The van der Waals surface area contributed by atoms with Crippen molar-refractivity contribution in [3.63, 3.8) is 0 Å². The van der Waals surface area contributed by atoms with Crippen molar-refractivity contribution in [1.82, 2.24) is 5.48 Å². The number of hydroxylamine groups is 1. The maximum atomic E-state index is 7.89. The largest absolute Gasteiger partial charge is 0.317 e. The lowest BCUT2D eigenvalue weighted by Crippen LogP contribution is -2.16. The van der Waals surface area contributed by atoms with Gasteiger partial charge in [0.25, 0.3) is 0 Å². The van der Waals surface area contributed by atoms with Gasteiger partial charge in [-0.05, 0) is 31.4 Å². The average Bonchev–Trinajstić information content (AvgIpc) is 2.29. The molecule has 2 nitrogen and oxygen atoms in total. The van der Waals surface area contributed by atoms with Gasteiger partial charge in [-0.2, -0.15) is 0 Å². The van der Waals surface area contributed by atoms with E-state index in [4.69, 9.17) is 5.21 Å². The predicted molar refractivity (Wildman–Crippen MR) is 66.0 cm³/mol. The number of hydrogen-bond donors (Lipinski definition) is 2. The Bertz CT molecular complexity index is 282. The normalized spacial score (nSPS) is 9.40. The summed E-state index contributed by atoms with van der Waals surface area (Å²) in [7, 11) is 0. The first-order valence-electron chi connectivity index (χ1n) is 5.25. The third-order valence-electron chi connectivity index (χ3n) is 1.91. The lowest BCUT2D eigenvalue weighted by Gasteiger charge is -1.99. The fraction of sp³-hybridized carbons (Fsp3) is 0.385. The van der Waals surface area contributed by atoms with Gasteiger partial charge in [0.05, 0.1) is 0 Å². The van der Waals surface area contributed by atoms with Gasteiger partial charge in [0.1, 0.15) is 0 Å². The van der Waals surface area contributed by atoms with E-state index in [0.717, 1.165) is 6.42 Å². The molecule has 84 valence electrons. The summed E-state index contributed by atoms with van der Waals surface area (Å²) in [6.07, 6.45) is 2.99. The van der Waals surface area contributed by atoms with Crippen LogP contribution in [0.5, 0.6) is 0 Å². The molecular formula is C13H21NO. The van der Waals surface area contributed by atoms with Crippen molar-refractivity contribution in [3.05, 3.63) is 42.0 Å². The number of rotatable bonds is 3. The highest BCUT2D eigenvalue weighted by atomic mass is 16.5. The van der Waals surface area contributed by atoms with E-state index < -0.39 is 0 Å². The van der Waals surface area contributed by atoms with Gasteiger partial charge in [-0.25, -0.2) is 5.48 Å². The Labute approximate surface area is 92.6 Å². The molecule has 0 saturated heterocycles. The van der Waals surface area contributed by atoms with Crippen LogP contribution in [0.3, 0.4) is 0 Å². The smallest absolute Gasteiger partial charge is 0.0263 e. The van der Waals surface area contributed by atoms with Crippen molar-refractivity contribution in [2.75, 3.05) is 0 Å². The highest BCUT2D eigenvalue weighted by molar-refractivity contribution is 5.51. The zero-order chi connectivity index (χ0) is 11.7. The Kier molecular flexibility index (Phi) is 7.60. The summed E-state index contributed by atoms with van der Waals surface area (Å²) in [4.78, 5) is 0. The summed E-state index contributed by atoms with van der Waals surface area (Å²) in [6.45, 7) is 9.62. The number of hydrogen-bond acceptors (Lipinski definition) is 2. The first kappa shape index (κ1) is 13.9. The van der Waals surface area contributed by atoms with Crippen LogP contribution >= 0.6 is 0 Å². The van der Waals surface area contributed by atoms with Gasteiger partial charge >= 0.3 is 0 Å². The lowest BCUT2D eigenvalue weighted by molar-refractivity contribution is 0.140. The zero-order valence-electron chi connectivity index (χ0n) is 9.83. The fourth-order valence-electron chi connectivity index (χ4n) is 1.06. The number of aryl methyl sites for hydroxylation is 1. The highest BCUT2D eigenvalue weighted by Gasteiger charge is 1.91. The van der Waals surface area contributed by atoms with Gasteiger partial charge in [0, 0.05) is 6.04 Å². The molecule has 0 aliphatic rings. The average molecular weight is 207 g/mol. The summed E-state index contributed by atoms with van der Waals surface area (Å²) < 4.78 is 0. The molecule has 2 N–H and O–H groups in total. The van der Waals surface area contributed by atoms with Crippen LogP contribution in [0.4, 0.5) is 0 Å². The Hall–Kier alpha value is -1.12. The molecule has 1 aromatic rings. The summed E-state index contributed by atoms with van der Waals surface area (Å²) in [5, 5.41) is 7.89. The van der Waals surface area contributed by atoms with E-state index in [1.807, 2.05) is 31.5 Å². The molecule has 0 heterocycles. The lowest BCUT2D eigenvalue weighted by atomic mass is 10.1. The van der Waals surface area contributed by atoms with E-state index in [1.165, 1.54) is 11.1 Å². The standard InChI is InChI=1S/C10H12.C3H9NO/c1-3-9-7-5-6-8-10(9)4-2;1-3(2)4-5/h3,5-8H,1,4H2,2H3;3-5H,1-2H3. The minimum Gasteiger partial charge on any atom is -0.317 e. The molecule has 0 spiro atoms. The van der Waals surface area contributed by atoms with E-state index in [1.54, 1.807) is 0 Å². The van der Waals surface area contributed by atoms with Crippen LogP contribution in [-0.4, -0.2) is 11.2 Å². The molecule has 15 heavy (non-hydrogen) atoms. The highest BCUT2D eigenvalue weighted by Crippen LogP contribution is 2.09. The van der Waals surface area contributed by atoms with Gasteiger partial charge in [-0.15, -0.1) is 0 Å². The predicted octanol–water partition coefficient (Wildman–Crippen LogP) is 3.27. The number of benzene rings is 1. The first-order chi connectivity index (χ1) is 7.15. The SMILES string of the molecule is C=Cc1ccccc1CC.CC(C)NO. The molecule has 0 unspecified atom stereocenters. The van der Waals surface area contributed by atoms with Gasteiger partial charge < -0.3 is 5.21 Å². The van der Waals surface area contributed by atoms with Crippen molar-refractivity contribution < 1.29 is 5.21 Å². The van der Waals surface area contributed by atoms with Crippen molar-refractivity contribution in [2.45, 2.75) is 33.2 Å². The molecule has 1 rings (SSSR count). The molecule has 0 bridgehead atoms. The molecule has 0 aliphatic heterocycles. The molecule has 0 aliphatic carbocycles. The summed E-state index contributed by atoms with van der Waals surface area (Å²) >= 11 is 0. The van der Waals surface area contributed by atoms with Crippen LogP contribution in [0, 0.1) is 0 Å². The second-order valence-corrected chi connectivity index (χ2v) is 3.54. The molecule has 1 aromatic carbocycles. The third-order valence-corrected chi connectivity index (χ3v) is 1.91. The molecule has 2 heteroatoms. The Morgan fingerprint density at radius 3 is 2.27 bits per heavy atom. The topological polar surface area (TPSA) is 32.3 Å². The van der Waals surface area contributed by atoms with Gasteiger partial charge in [0.15, 0.2) is 0 Å². The van der Waals surface area contributed by atoms with Crippen LogP contribution in [-0.2, 0) is 6.42 Å². The van der Waals surface area contributed by atoms with Crippen molar-refractivity contribution in [3.8, 4) is 0 Å². The van der Waals surface area contributed by atoms with Gasteiger partial charge in [-0.1, -0.05) is 43.8 Å². The Morgan fingerprint density at radius 2 is 1.93 bits per heavy atom. The second-order valence-electron chi connectivity index (χ2n) is 3.54. The first-order valence-corrected chi connectivity index (χ1v) is 5.25. The van der Waals surface area contributed by atoms with E-state index in [9.17, 15) is 0 Å². The Balaban J connectivity index is 0.000000336. The monoisotopic (exact) mass is 207 g/mol. The molecule has 0 fully saturated rings. The quantitative estimate of drug-likeness (QED) is 0.746. The minimum absolute atomic E-state index is 0.190. The van der Waals surface area contributed by atoms with Crippen LogP contribution in [0.15, 0.2) is 30.8 Å². The summed E-state index contributed by atoms with van der Waals surface area (Å²) in [5.41, 5.74) is 4.66. The number of nitrogens with one attached hydrogen (secondary N) is 1. The van der Waals surface area contributed by atoms with E-state index >= 15 is 0 Å². The van der Waals surface area contributed by atoms with E-state index in [0.29, 0.717) is 0 Å². The van der Waals surface area contributed by atoms with Crippen LogP contribution in [0.25, 0.3) is 6.08 Å². The summed E-state index contributed by atoms with van der Waals surface area (Å²) in [6, 6.07) is 8.51. The molecule has 0 aromatic heterocycles. The second kappa shape index (κ2) is 8.21. The van der Waals surface area contributed by atoms with Crippen molar-refractivity contribution in [1.29, 1.82) is 0 Å². The van der Waals surface area contributed by atoms with Gasteiger partial charge in [0.2, 0.25) is 0 Å². The van der Waals surface area contributed by atoms with Crippen molar-refractivity contribution in [2.24, 2.45) is 0 Å². The van der Waals surface area contributed by atoms with Crippen LogP contribution in [0.1, 0.15) is 31.9 Å². The maximum Gasteiger partial charge on any atom is 0.0263 e. The third kappa shape index (κ3) is 6.05. The molecule has 0 amide bonds. The zero-order valence-corrected chi connectivity index (χ0v) is 9.83. The fourth-order valence-corrected chi connectivity index (χ4v) is 1.06. The van der Waals surface area contributed by atoms with Gasteiger partial charge in [-0.3, -0.25) is 0 Å². The molecular weight excluding hydrogens is 186 g/mol. The molecule has 0 saturated carbocycles. The Morgan fingerprint density at radius 1 is 1.40 bits per heavy atom. The van der Waals surface area contributed by atoms with Crippen LogP contribution in [0.2, 0.25) is 0 Å². The molecule has 0 radical (unpaired) electrons. The van der Waals surface area contributed by atoms with E-state index in [-0.39, 0.29) is 6.04 Å². The molecule has 0 atom stereocenters. The minimum atomic E-state index is 0.190. The van der Waals surface area contributed by atoms with Crippen LogP contribution < -0.4 is 5.48 Å². The maximum absolute atomic E-state index is 7.89. The summed E-state index contributed by atoms with van der Waals surface area (Å²) in [5.74, 6) is 0. The van der Waals surface area contributed by atoms with E-state index in [2.05, 4.69) is 31.7 Å². The van der Waals surface area contributed by atoms with Crippen molar-refractivity contribution >= 4 is 6.08 Å².